The van der Waals surface area contributed by atoms with Crippen LogP contribution in [0.2, 0.25) is 0 Å². The van der Waals surface area contributed by atoms with E-state index >= 15 is 0 Å². The SMILES string of the molecule is Cc1ccc(C)c([C@H]2CN(C(=O)c3ccc(C)[nH]c3=O)[C@@H](C)CO2)c1. The van der Waals surface area contributed by atoms with E-state index in [-0.39, 0.29) is 29.2 Å². The zero-order valence-corrected chi connectivity index (χ0v) is 15.1. The van der Waals surface area contributed by atoms with Crippen molar-refractivity contribution < 1.29 is 9.53 Å². The molecule has 0 aliphatic carbocycles. The second-order valence-corrected chi connectivity index (χ2v) is 6.87. The number of hydrogen-bond donors (Lipinski definition) is 1. The van der Waals surface area contributed by atoms with Crippen LogP contribution in [0.3, 0.4) is 0 Å². The number of aromatic nitrogens is 1. The van der Waals surface area contributed by atoms with Gasteiger partial charge in [0.15, 0.2) is 0 Å². The summed E-state index contributed by atoms with van der Waals surface area (Å²) in [4.78, 5) is 29.5. The molecule has 1 fully saturated rings. The first-order valence-corrected chi connectivity index (χ1v) is 8.56. The van der Waals surface area contributed by atoms with Gasteiger partial charge in [0.05, 0.1) is 19.2 Å². The summed E-state index contributed by atoms with van der Waals surface area (Å²) in [5.41, 5.74) is 3.99. The van der Waals surface area contributed by atoms with Crippen LogP contribution in [0.5, 0.6) is 0 Å². The van der Waals surface area contributed by atoms with Gasteiger partial charge in [-0.3, -0.25) is 9.59 Å². The Morgan fingerprint density at radius 1 is 1.20 bits per heavy atom. The Morgan fingerprint density at radius 3 is 2.68 bits per heavy atom. The normalized spacial score (nSPS) is 20.6. The smallest absolute Gasteiger partial charge is 0.260 e. The number of ether oxygens (including phenoxy) is 1. The Bertz CT molecular complexity index is 856. The van der Waals surface area contributed by atoms with Crippen LogP contribution < -0.4 is 5.56 Å². The minimum absolute atomic E-state index is 0.0745. The summed E-state index contributed by atoms with van der Waals surface area (Å²) in [6.45, 7) is 8.73. The number of rotatable bonds is 2. The molecule has 1 aromatic heterocycles. The first kappa shape index (κ1) is 17.4. The van der Waals surface area contributed by atoms with Crippen LogP contribution in [0.15, 0.2) is 35.1 Å². The lowest BCUT2D eigenvalue weighted by molar-refractivity contribution is -0.0489. The van der Waals surface area contributed by atoms with E-state index in [1.165, 1.54) is 0 Å². The fraction of sp³-hybridized carbons (Fsp3) is 0.400. The Hall–Kier alpha value is -2.40. The van der Waals surface area contributed by atoms with Gasteiger partial charge in [0.1, 0.15) is 11.7 Å². The summed E-state index contributed by atoms with van der Waals surface area (Å²) in [5, 5.41) is 0. The molecule has 5 heteroatoms. The second-order valence-electron chi connectivity index (χ2n) is 6.87. The van der Waals surface area contributed by atoms with E-state index in [2.05, 4.69) is 23.2 Å². The number of carbonyl (C=O) groups is 1. The molecule has 0 unspecified atom stereocenters. The predicted molar refractivity (Wildman–Crippen MR) is 96.9 cm³/mol. The van der Waals surface area contributed by atoms with Gasteiger partial charge in [0, 0.05) is 5.69 Å². The van der Waals surface area contributed by atoms with Gasteiger partial charge in [-0.2, -0.15) is 0 Å². The molecule has 1 saturated heterocycles. The van der Waals surface area contributed by atoms with Gasteiger partial charge in [-0.05, 0) is 51.0 Å². The molecule has 3 rings (SSSR count). The van der Waals surface area contributed by atoms with Gasteiger partial charge in [-0.15, -0.1) is 0 Å². The maximum atomic E-state index is 12.9. The van der Waals surface area contributed by atoms with Crippen molar-refractivity contribution in [2.24, 2.45) is 0 Å². The van der Waals surface area contributed by atoms with E-state index in [1.807, 2.05) is 20.8 Å². The molecule has 1 amide bonds. The summed E-state index contributed by atoms with van der Waals surface area (Å²) in [5.74, 6) is -0.243. The number of hydrogen-bond acceptors (Lipinski definition) is 3. The zero-order valence-electron chi connectivity index (χ0n) is 15.1. The molecule has 0 spiro atoms. The molecule has 1 aromatic carbocycles. The minimum Gasteiger partial charge on any atom is -0.370 e. The van der Waals surface area contributed by atoms with Crippen LogP contribution in [0.4, 0.5) is 0 Å². The van der Waals surface area contributed by atoms with Crippen molar-refractivity contribution in [1.29, 1.82) is 0 Å². The fourth-order valence-electron chi connectivity index (χ4n) is 3.23. The summed E-state index contributed by atoms with van der Waals surface area (Å²) < 4.78 is 6.00. The van der Waals surface area contributed by atoms with Gasteiger partial charge < -0.3 is 14.6 Å². The van der Waals surface area contributed by atoms with Crippen LogP contribution in [0.25, 0.3) is 0 Å². The fourth-order valence-corrected chi connectivity index (χ4v) is 3.23. The molecule has 1 N–H and O–H groups in total. The number of aromatic amines is 1. The molecule has 2 heterocycles. The molecule has 132 valence electrons. The maximum Gasteiger partial charge on any atom is 0.260 e. The summed E-state index contributed by atoms with van der Waals surface area (Å²) >= 11 is 0. The number of amides is 1. The van der Waals surface area contributed by atoms with Gasteiger partial charge >= 0.3 is 0 Å². The summed E-state index contributed by atoms with van der Waals surface area (Å²) in [6, 6.07) is 9.53. The monoisotopic (exact) mass is 340 g/mol. The Morgan fingerprint density at radius 2 is 1.96 bits per heavy atom. The average Bonchev–Trinajstić information content (AvgIpc) is 2.57. The number of nitrogens with zero attached hydrogens (tertiary/aromatic N) is 1. The van der Waals surface area contributed by atoms with E-state index in [0.29, 0.717) is 13.2 Å². The third-order valence-corrected chi connectivity index (χ3v) is 4.76. The number of aryl methyl sites for hydroxylation is 3. The van der Waals surface area contributed by atoms with Crippen molar-refractivity contribution in [3.8, 4) is 0 Å². The maximum absolute atomic E-state index is 12.9. The number of benzene rings is 1. The molecule has 2 atom stereocenters. The van der Waals surface area contributed by atoms with E-state index in [1.54, 1.807) is 24.0 Å². The molecule has 1 aliphatic heterocycles. The lowest BCUT2D eigenvalue weighted by Gasteiger charge is -2.38. The summed E-state index contributed by atoms with van der Waals surface area (Å²) in [6.07, 6.45) is -0.176. The first-order chi connectivity index (χ1) is 11.9. The third kappa shape index (κ3) is 3.51. The van der Waals surface area contributed by atoms with E-state index in [4.69, 9.17) is 4.74 Å². The van der Waals surface area contributed by atoms with Gasteiger partial charge in [0.25, 0.3) is 11.5 Å². The van der Waals surface area contributed by atoms with Crippen LogP contribution in [0.1, 0.15) is 45.8 Å². The molecule has 0 saturated carbocycles. The Kier molecular flexibility index (Phi) is 4.77. The number of pyridine rings is 1. The first-order valence-electron chi connectivity index (χ1n) is 8.56. The Labute approximate surface area is 147 Å². The quantitative estimate of drug-likeness (QED) is 0.914. The molecule has 25 heavy (non-hydrogen) atoms. The van der Waals surface area contributed by atoms with Gasteiger partial charge in [0.2, 0.25) is 0 Å². The second kappa shape index (κ2) is 6.84. The number of nitrogens with one attached hydrogen (secondary N) is 1. The van der Waals surface area contributed by atoms with E-state index < -0.39 is 0 Å². The lowest BCUT2D eigenvalue weighted by atomic mass is 9.98. The molecule has 2 aromatic rings. The van der Waals surface area contributed by atoms with Crippen molar-refractivity contribution in [2.45, 2.75) is 39.8 Å². The van der Waals surface area contributed by atoms with Crippen molar-refractivity contribution >= 4 is 5.91 Å². The number of H-pyrrole nitrogens is 1. The Balaban J connectivity index is 1.89. The minimum atomic E-state index is -0.341. The van der Waals surface area contributed by atoms with Crippen molar-refractivity contribution in [3.05, 3.63) is 68.6 Å². The van der Waals surface area contributed by atoms with E-state index in [9.17, 15) is 9.59 Å². The van der Waals surface area contributed by atoms with Gasteiger partial charge in [-0.1, -0.05) is 23.8 Å². The molecule has 1 aliphatic rings. The molecular weight excluding hydrogens is 316 g/mol. The van der Waals surface area contributed by atoms with Crippen LogP contribution >= 0.6 is 0 Å². The summed E-state index contributed by atoms with van der Waals surface area (Å²) in [7, 11) is 0. The standard InChI is InChI=1S/C20H24N2O3/c1-12-5-6-13(2)17(9-12)18-10-22(15(4)11-25-18)20(24)16-8-7-14(3)21-19(16)23/h5-9,15,18H,10-11H2,1-4H3,(H,21,23)/t15-,18+/m0/s1. The molecule has 0 radical (unpaired) electrons. The topological polar surface area (TPSA) is 62.4 Å². The van der Waals surface area contributed by atoms with Crippen molar-refractivity contribution in [3.63, 3.8) is 0 Å². The highest BCUT2D eigenvalue weighted by Gasteiger charge is 2.32. The molecule has 5 nitrogen and oxygen atoms in total. The largest absolute Gasteiger partial charge is 0.370 e. The number of carbonyl (C=O) groups excluding carboxylic acids is 1. The average molecular weight is 340 g/mol. The molecular formula is C20H24N2O3. The van der Waals surface area contributed by atoms with E-state index in [0.717, 1.165) is 22.4 Å². The van der Waals surface area contributed by atoms with Crippen molar-refractivity contribution in [2.75, 3.05) is 13.2 Å². The van der Waals surface area contributed by atoms with Crippen molar-refractivity contribution in [1.82, 2.24) is 9.88 Å². The highest BCUT2D eigenvalue weighted by atomic mass is 16.5. The van der Waals surface area contributed by atoms with Crippen LogP contribution in [-0.2, 0) is 4.74 Å². The third-order valence-electron chi connectivity index (χ3n) is 4.76. The zero-order chi connectivity index (χ0) is 18.1. The van der Waals surface area contributed by atoms with Crippen LogP contribution in [-0.4, -0.2) is 35.0 Å². The number of morpholine rings is 1. The molecule has 0 bridgehead atoms. The van der Waals surface area contributed by atoms with Gasteiger partial charge in [-0.25, -0.2) is 0 Å². The highest BCUT2D eigenvalue weighted by Crippen LogP contribution is 2.28. The van der Waals surface area contributed by atoms with Crippen LogP contribution in [0, 0.1) is 20.8 Å². The highest BCUT2D eigenvalue weighted by molar-refractivity contribution is 5.94. The predicted octanol–water partition coefficient (Wildman–Crippen LogP) is 2.90. The lowest BCUT2D eigenvalue weighted by Crippen LogP contribution is -2.49.